The lowest BCUT2D eigenvalue weighted by molar-refractivity contribution is -0.137. The highest BCUT2D eigenvalue weighted by atomic mass is 35.5. The molecule has 16 heteroatoms. The van der Waals surface area contributed by atoms with Crippen molar-refractivity contribution in [3.63, 3.8) is 0 Å². The number of fused-ring (bicyclic) bond motifs is 6. The minimum atomic E-state index is -4.95. The summed E-state index contributed by atoms with van der Waals surface area (Å²) in [6.07, 6.45) is -1.70. The van der Waals surface area contributed by atoms with Crippen molar-refractivity contribution >= 4 is 40.1 Å². The summed E-state index contributed by atoms with van der Waals surface area (Å²) in [5.74, 6) is -1.00. The number of rotatable bonds is 4. The van der Waals surface area contributed by atoms with E-state index in [2.05, 4.69) is 9.97 Å². The number of aromatic nitrogens is 3. The van der Waals surface area contributed by atoms with Crippen LogP contribution in [0.5, 0.6) is 11.9 Å². The lowest BCUT2D eigenvalue weighted by Gasteiger charge is -2.48. The third-order valence-corrected chi connectivity index (χ3v) is 10.4. The Bertz CT molecular complexity index is 1860. The van der Waals surface area contributed by atoms with Crippen molar-refractivity contribution in [2.75, 3.05) is 37.0 Å². The minimum absolute atomic E-state index is 0.0723. The SMILES string of the molecule is CC(C)(C)OC(=O)N1[C@@H]2CC[C@H]1C1CCOc3nc(-c4cc(N)cc(Cl)c4C(F)(F)F)c(F)c4nc(OCC56COC(C5)C6)nc(c34)N1C2. The number of piperazine rings is 1. The number of hydrogen-bond donors (Lipinski definition) is 1. The first-order valence-corrected chi connectivity index (χ1v) is 16.7. The van der Waals surface area contributed by atoms with Gasteiger partial charge in [-0.25, -0.2) is 14.2 Å². The van der Waals surface area contributed by atoms with Gasteiger partial charge in [0.05, 0.1) is 54.6 Å². The Kier molecular flexibility index (Phi) is 7.31. The van der Waals surface area contributed by atoms with Gasteiger partial charge in [-0.2, -0.15) is 23.1 Å². The number of nitrogens with zero attached hydrogens (tertiary/aromatic N) is 5. The van der Waals surface area contributed by atoms with Crippen LogP contribution in [0.25, 0.3) is 22.2 Å². The van der Waals surface area contributed by atoms with Crippen molar-refractivity contribution in [3.8, 4) is 23.1 Å². The Morgan fingerprint density at radius 3 is 2.59 bits per heavy atom. The molecule has 1 amide bonds. The molecule has 1 saturated carbocycles. The third kappa shape index (κ3) is 5.43. The van der Waals surface area contributed by atoms with Crippen LogP contribution in [0.15, 0.2) is 12.1 Å². The van der Waals surface area contributed by atoms with E-state index in [1.54, 1.807) is 4.90 Å². The van der Waals surface area contributed by atoms with Gasteiger partial charge in [0.25, 0.3) is 0 Å². The minimum Gasteiger partial charge on any atom is -0.477 e. The molecule has 3 atom stereocenters. The van der Waals surface area contributed by atoms with Gasteiger partial charge in [0.2, 0.25) is 5.88 Å². The largest absolute Gasteiger partial charge is 0.477 e. The van der Waals surface area contributed by atoms with Gasteiger partial charge in [0.1, 0.15) is 28.0 Å². The first-order valence-electron chi connectivity index (χ1n) is 16.3. The second-order valence-electron chi connectivity index (χ2n) is 14.7. The van der Waals surface area contributed by atoms with Crippen molar-refractivity contribution in [3.05, 3.63) is 28.5 Å². The number of hydrogen-bond acceptors (Lipinski definition) is 10. The van der Waals surface area contributed by atoms with E-state index in [4.69, 9.17) is 41.3 Å². The third-order valence-electron chi connectivity index (χ3n) is 10.1. The number of alkyl halides is 3. The molecule has 11 nitrogen and oxygen atoms in total. The van der Waals surface area contributed by atoms with Gasteiger partial charge in [0.15, 0.2) is 5.82 Å². The zero-order valence-electron chi connectivity index (χ0n) is 27.1. The highest BCUT2D eigenvalue weighted by Gasteiger charge is 2.53. The molecule has 1 aliphatic carbocycles. The number of carbonyl (C=O) groups excluding carboxylic acids is 1. The van der Waals surface area contributed by atoms with Crippen LogP contribution in [-0.4, -0.2) is 82.1 Å². The van der Waals surface area contributed by atoms with Gasteiger partial charge in [-0.1, -0.05) is 11.6 Å². The van der Waals surface area contributed by atoms with E-state index in [0.717, 1.165) is 25.0 Å². The maximum absolute atomic E-state index is 16.8. The van der Waals surface area contributed by atoms with E-state index in [1.807, 2.05) is 25.7 Å². The second kappa shape index (κ2) is 11.1. The van der Waals surface area contributed by atoms with Gasteiger partial charge in [-0.15, -0.1) is 0 Å². The zero-order valence-corrected chi connectivity index (χ0v) is 27.8. The lowest BCUT2D eigenvalue weighted by Crippen LogP contribution is -2.62. The summed E-state index contributed by atoms with van der Waals surface area (Å²) < 4.78 is 83.6. The fraction of sp³-hybridized carbons (Fsp3) is 0.576. The number of anilines is 2. The quantitative estimate of drug-likeness (QED) is 0.241. The van der Waals surface area contributed by atoms with E-state index >= 15 is 4.39 Å². The fourth-order valence-corrected chi connectivity index (χ4v) is 8.42. The number of pyridine rings is 1. The second-order valence-corrected chi connectivity index (χ2v) is 15.1. The van der Waals surface area contributed by atoms with Crippen LogP contribution >= 0.6 is 11.6 Å². The molecule has 0 spiro atoms. The van der Waals surface area contributed by atoms with Crippen LogP contribution in [0.2, 0.25) is 5.02 Å². The average Bonchev–Trinajstić information content (AvgIpc) is 3.67. The van der Waals surface area contributed by atoms with Crippen LogP contribution in [0, 0.1) is 11.2 Å². The number of carbonyl (C=O) groups is 1. The molecule has 3 aromatic rings. The first kappa shape index (κ1) is 32.4. The topological polar surface area (TPSA) is 125 Å². The van der Waals surface area contributed by atoms with Crippen molar-refractivity contribution < 1.29 is 41.3 Å². The molecular weight excluding hydrogens is 672 g/mol. The molecule has 6 aliphatic rings. The molecule has 1 aromatic carbocycles. The standard InChI is InChI=1S/C33H35ClF4N6O5/c1-31(2,3)49-30(45)44-16-4-5-21(44)20-6-7-46-28-22-26(24(35)25(40-28)18-8-15(39)9-19(34)23(18)33(36,37)38)41-29(42-27(22)43(20)12-16)48-14-32-10-17(11-32)47-13-32/h8-9,16-17,20-21H,4-7,10-14,39H2,1-3H3/t16-,17?,20?,21+,32?/m1/s1. The number of nitrogens with two attached hydrogens (primary N) is 1. The van der Waals surface area contributed by atoms with Crippen LogP contribution < -0.4 is 20.1 Å². The van der Waals surface area contributed by atoms with Gasteiger partial charge in [-0.05, 0) is 58.6 Å². The Morgan fingerprint density at radius 1 is 1.12 bits per heavy atom. The van der Waals surface area contributed by atoms with E-state index in [0.29, 0.717) is 32.4 Å². The number of nitrogen functional groups attached to an aromatic ring is 1. The smallest absolute Gasteiger partial charge is 0.418 e. The Morgan fingerprint density at radius 2 is 1.90 bits per heavy atom. The normalized spacial score (nSPS) is 27.3. The average molecular weight is 707 g/mol. The predicted octanol–water partition coefficient (Wildman–Crippen LogP) is 6.38. The van der Waals surface area contributed by atoms with Crippen molar-refractivity contribution in [2.45, 2.75) is 88.9 Å². The molecule has 7 heterocycles. The Labute approximate surface area is 284 Å². The molecule has 4 saturated heterocycles. The maximum atomic E-state index is 16.8. The summed E-state index contributed by atoms with van der Waals surface area (Å²) in [6, 6.07) is 1.02. The van der Waals surface area contributed by atoms with E-state index in [9.17, 15) is 18.0 Å². The van der Waals surface area contributed by atoms with Crippen molar-refractivity contribution in [1.29, 1.82) is 0 Å². The summed E-state index contributed by atoms with van der Waals surface area (Å²) in [7, 11) is 0. The molecule has 5 fully saturated rings. The maximum Gasteiger partial charge on any atom is 0.418 e. The Balaban J connectivity index is 1.28. The van der Waals surface area contributed by atoms with E-state index in [-0.39, 0.29) is 77.2 Å². The number of benzene rings is 1. The molecule has 49 heavy (non-hydrogen) atoms. The molecule has 4 bridgehead atoms. The van der Waals surface area contributed by atoms with Gasteiger partial charge in [-0.3, -0.25) is 4.90 Å². The van der Waals surface area contributed by atoms with Gasteiger partial charge in [0, 0.05) is 29.6 Å². The lowest BCUT2D eigenvalue weighted by atomic mass is 9.71. The molecule has 2 N–H and O–H groups in total. The Hall–Kier alpha value is -3.85. The van der Waals surface area contributed by atoms with Gasteiger partial charge >= 0.3 is 18.3 Å². The highest BCUT2D eigenvalue weighted by molar-refractivity contribution is 6.32. The van der Waals surface area contributed by atoms with Crippen molar-refractivity contribution in [2.24, 2.45) is 5.41 Å². The monoisotopic (exact) mass is 706 g/mol. The van der Waals surface area contributed by atoms with Crippen LogP contribution in [0.1, 0.15) is 58.4 Å². The number of halogens is 5. The van der Waals surface area contributed by atoms with E-state index in [1.165, 1.54) is 0 Å². The molecular formula is C33H35ClF4N6O5. The first-order chi connectivity index (χ1) is 23.1. The summed E-state index contributed by atoms with van der Waals surface area (Å²) in [6.45, 7) is 6.60. The van der Waals surface area contributed by atoms with Gasteiger partial charge < -0.3 is 29.6 Å². The van der Waals surface area contributed by atoms with Crippen LogP contribution in [0.4, 0.5) is 33.9 Å². The van der Waals surface area contributed by atoms with E-state index < -0.39 is 45.5 Å². The summed E-state index contributed by atoms with van der Waals surface area (Å²) in [5.41, 5.74) is 1.98. The highest BCUT2D eigenvalue weighted by Crippen LogP contribution is 2.51. The fourth-order valence-electron chi connectivity index (χ4n) is 8.08. The zero-order chi connectivity index (χ0) is 34.6. The summed E-state index contributed by atoms with van der Waals surface area (Å²) in [5, 5.41) is -0.601. The predicted molar refractivity (Wildman–Crippen MR) is 170 cm³/mol. The van der Waals surface area contributed by atoms with Crippen LogP contribution in [-0.2, 0) is 15.7 Å². The molecule has 2 aromatic heterocycles. The molecule has 5 aliphatic heterocycles. The molecule has 262 valence electrons. The molecule has 0 radical (unpaired) electrons. The molecule has 1 unspecified atom stereocenters. The number of amides is 1. The van der Waals surface area contributed by atoms with Crippen LogP contribution in [0.3, 0.4) is 0 Å². The molecule has 9 rings (SSSR count). The van der Waals surface area contributed by atoms with Crippen molar-refractivity contribution in [1.82, 2.24) is 19.9 Å². The summed E-state index contributed by atoms with van der Waals surface area (Å²) in [4.78, 5) is 30.8. The summed E-state index contributed by atoms with van der Waals surface area (Å²) >= 11 is 6.04. The number of ether oxygens (including phenoxy) is 4.